The lowest BCUT2D eigenvalue weighted by Crippen LogP contribution is -2.30. The van der Waals surface area contributed by atoms with Crippen LogP contribution in [-0.2, 0) is 4.74 Å². The van der Waals surface area contributed by atoms with E-state index in [0.29, 0.717) is 6.61 Å². The zero-order valence-corrected chi connectivity index (χ0v) is 7.97. The van der Waals surface area contributed by atoms with Gasteiger partial charge in [0.1, 0.15) is 5.54 Å². The summed E-state index contributed by atoms with van der Waals surface area (Å²) in [6, 6.07) is 0. The van der Waals surface area contributed by atoms with Gasteiger partial charge in [-0.25, -0.2) is 0 Å². The number of nitroso groups, excluding NO2 is 1. The molecule has 0 amide bonds. The number of hydrogen-bond donors (Lipinski definition) is 0. The fourth-order valence-electron chi connectivity index (χ4n) is 0.419. The van der Waals surface area contributed by atoms with Crippen LogP contribution in [0.15, 0.2) is 5.18 Å². The normalized spacial score (nSPS) is 13.2. The maximum absolute atomic E-state index is 10.2. The lowest BCUT2D eigenvalue weighted by Gasteiger charge is -2.24. The van der Waals surface area contributed by atoms with Gasteiger partial charge in [-0.2, -0.15) is 4.91 Å². The van der Waals surface area contributed by atoms with Crippen LogP contribution in [0.3, 0.4) is 0 Å². The third-order valence-corrected chi connectivity index (χ3v) is 1.11. The highest BCUT2D eigenvalue weighted by molar-refractivity contribution is 4.77. The highest BCUT2D eigenvalue weighted by Gasteiger charge is 2.22. The molecule has 0 unspecified atom stereocenters. The van der Waals surface area contributed by atoms with E-state index in [9.17, 15) is 4.91 Å². The molecular formula is C8H17NO2. The molecule has 0 saturated carbocycles. The Kier molecular flexibility index (Phi) is 3.17. The van der Waals surface area contributed by atoms with Gasteiger partial charge in [-0.3, -0.25) is 0 Å². The second-order valence-electron chi connectivity index (χ2n) is 4.30. The summed E-state index contributed by atoms with van der Waals surface area (Å²) in [6.45, 7) is 9.74. The van der Waals surface area contributed by atoms with E-state index in [2.05, 4.69) is 5.18 Å². The Morgan fingerprint density at radius 1 is 1.18 bits per heavy atom. The van der Waals surface area contributed by atoms with E-state index in [-0.39, 0.29) is 5.60 Å². The standard InChI is InChI=1S/C8H17NO2/c1-7(2,3)11-6-8(4,5)9-10/h6H2,1-5H3. The SMILES string of the molecule is CC(C)(COC(C)(C)C)N=O. The second kappa shape index (κ2) is 3.30. The summed E-state index contributed by atoms with van der Waals surface area (Å²) < 4.78 is 5.39. The van der Waals surface area contributed by atoms with E-state index in [0.717, 1.165) is 0 Å². The van der Waals surface area contributed by atoms with Crippen molar-refractivity contribution in [3.05, 3.63) is 4.91 Å². The smallest absolute Gasteiger partial charge is 0.120 e. The van der Waals surface area contributed by atoms with Gasteiger partial charge < -0.3 is 4.74 Å². The Balaban J connectivity index is 3.79. The molecule has 0 aliphatic heterocycles. The van der Waals surface area contributed by atoms with Crippen LogP contribution in [0.25, 0.3) is 0 Å². The summed E-state index contributed by atoms with van der Waals surface area (Å²) in [4.78, 5) is 10.2. The number of hydrogen-bond acceptors (Lipinski definition) is 3. The van der Waals surface area contributed by atoms with Crippen molar-refractivity contribution in [2.75, 3.05) is 6.61 Å². The van der Waals surface area contributed by atoms with E-state index < -0.39 is 5.54 Å². The maximum Gasteiger partial charge on any atom is 0.120 e. The monoisotopic (exact) mass is 159 g/mol. The molecule has 0 fully saturated rings. The van der Waals surface area contributed by atoms with Gasteiger partial charge in [0.25, 0.3) is 0 Å². The highest BCUT2D eigenvalue weighted by Crippen LogP contribution is 2.14. The van der Waals surface area contributed by atoms with Crippen LogP contribution in [0, 0.1) is 4.91 Å². The minimum Gasteiger partial charge on any atom is -0.373 e. The third-order valence-electron chi connectivity index (χ3n) is 1.11. The molecule has 0 atom stereocenters. The van der Waals surface area contributed by atoms with E-state index in [4.69, 9.17) is 4.74 Å². The molecule has 0 saturated heterocycles. The molecule has 0 radical (unpaired) electrons. The van der Waals surface area contributed by atoms with Crippen molar-refractivity contribution < 1.29 is 4.74 Å². The first-order valence-electron chi connectivity index (χ1n) is 3.75. The van der Waals surface area contributed by atoms with Gasteiger partial charge in [0.2, 0.25) is 0 Å². The zero-order chi connectivity index (χ0) is 9.12. The molecule has 0 aliphatic carbocycles. The van der Waals surface area contributed by atoms with Crippen molar-refractivity contribution >= 4 is 0 Å². The molecule has 0 heterocycles. The van der Waals surface area contributed by atoms with Gasteiger partial charge in [-0.1, -0.05) is 5.18 Å². The Morgan fingerprint density at radius 3 is 1.91 bits per heavy atom. The predicted octanol–water partition coefficient (Wildman–Crippen LogP) is 2.35. The van der Waals surface area contributed by atoms with Gasteiger partial charge in [0.15, 0.2) is 0 Å². The van der Waals surface area contributed by atoms with E-state index in [1.807, 2.05) is 20.8 Å². The van der Waals surface area contributed by atoms with Crippen molar-refractivity contribution in [1.29, 1.82) is 0 Å². The van der Waals surface area contributed by atoms with Gasteiger partial charge >= 0.3 is 0 Å². The molecule has 11 heavy (non-hydrogen) atoms. The number of rotatable bonds is 3. The molecule has 0 rings (SSSR count). The molecule has 0 N–H and O–H groups in total. The highest BCUT2D eigenvalue weighted by atomic mass is 16.5. The van der Waals surface area contributed by atoms with Crippen LogP contribution in [0.1, 0.15) is 34.6 Å². The molecule has 3 heteroatoms. The molecule has 0 spiro atoms. The average Bonchev–Trinajstić information content (AvgIpc) is 1.83. The minimum atomic E-state index is -0.604. The Labute approximate surface area is 68.1 Å². The van der Waals surface area contributed by atoms with Crippen molar-refractivity contribution in [3.8, 4) is 0 Å². The van der Waals surface area contributed by atoms with Crippen LogP contribution >= 0.6 is 0 Å². The van der Waals surface area contributed by atoms with Gasteiger partial charge in [-0.05, 0) is 34.6 Å². The first-order chi connectivity index (χ1) is 4.77. The Bertz CT molecular complexity index is 136. The topological polar surface area (TPSA) is 38.7 Å². The third kappa shape index (κ3) is 5.98. The van der Waals surface area contributed by atoms with Crippen LogP contribution in [0.4, 0.5) is 0 Å². The van der Waals surface area contributed by atoms with Crippen LogP contribution in [0.2, 0.25) is 0 Å². The molecule has 0 aliphatic rings. The maximum atomic E-state index is 10.2. The van der Waals surface area contributed by atoms with Crippen LogP contribution in [0.5, 0.6) is 0 Å². The molecule has 66 valence electrons. The van der Waals surface area contributed by atoms with E-state index in [1.165, 1.54) is 0 Å². The lowest BCUT2D eigenvalue weighted by atomic mass is 10.1. The van der Waals surface area contributed by atoms with Gasteiger partial charge in [0.05, 0.1) is 12.2 Å². The van der Waals surface area contributed by atoms with E-state index >= 15 is 0 Å². The summed E-state index contributed by atoms with van der Waals surface area (Å²) in [7, 11) is 0. The van der Waals surface area contributed by atoms with Crippen molar-refractivity contribution in [3.63, 3.8) is 0 Å². The van der Waals surface area contributed by atoms with Crippen molar-refractivity contribution in [1.82, 2.24) is 0 Å². The molecular weight excluding hydrogens is 142 g/mol. The van der Waals surface area contributed by atoms with Gasteiger partial charge in [0, 0.05) is 0 Å². The summed E-state index contributed by atoms with van der Waals surface area (Å²) in [5.74, 6) is 0. The quantitative estimate of drug-likeness (QED) is 0.593. The summed E-state index contributed by atoms with van der Waals surface area (Å²) >= 11 is 0. The first-order valence-corrected chi connectivity index (χ1v) is 3.75. The number of nitrogens with zero attached hydrogens (tertiary/aromatic N) is 1. The zero-order valence-electron chi connectivity index (χ0n) is 7.97. The molecule has 0 aromatic carbocycles. The van der Waals surface area contributed by atoms with E-state index in [1.54, 1.807) is 13.8 Å². The number of ether oxygens (including phenoxy) is 1. The molecule has 3 nitrogen and oxygen atoms in total. The molecule has 0 aromatic rings. The predicted molar refractivity (Wildman–Crippen MR) is 45.6 cm³/mol. The lowest BCUT2D eigenvalue weighted by molar-refractivity contribution is -0.0228. The first kappa shape index (κ1) is 10.6. The molecule has 0 bridgehead atoms. The largest absolute Gasteiger partial charge is 0.373 e. The van der Waals surface area contributed by atoms with Crippen molar-refractivity contribution in [2.45, 2.75) is 45.8 Å². The second-order valence-corrected chi connectivity index (χ2v) is 4.30. The Hall–Kier alpha value is -0.440. The van der Waals surface area contributed by atoms with Crippen LogP contribution < -0.4 is 0 Å². The Morgan fingerprint density at radius 2 is 1.64 bits per heavy atom. The van der Waals surface area contributed by atoms with Gasteiger partial charge in [-0.15, -0.1) is 0 Å². The summed E-state index contributed by atoms with van der Waals surface area (Å²) in [5, 5.41) is 2.95. The summed E-state index contributed by atoms with van der Waals surface area (Å²) in [6.07, 6.45) is 0. The fraction of sp³-hybridized carbons (Fsp3) is 1.00. The van der Waals surface area contributed by atoms with Crippen molar-refractivity contribution in [2.24, 2.45) is 5.18 Å². The average molecular weight is 159 g/mol. The van der Waals surface area contributed by atoms with Crippen LogP contribution in [-0.4, -0.2) is 17.7 Å². The molecule has 0 aromatic heterocycles. The summed E-state index contributed by atoms with van der Waals surface area (Å²) in [5.41, 5.74) is -0.796. The fourth-order valence-corrected chi connectivity index (χ4v) is 0.419. The minimum absolute atomic E-state index is 0.192.